The molecule has 3 rings (SSSR count). The average Bonchev–Trinajstić information content (AvgIpc) is 2.86. The van der Waals surface area contributed by atoms with Gasteiger partial charge in [-0.05, 0) is 37.1 Å². The number of hydrogen-bond donors (Lipinski definition) is 2. The Bertz CT molecular complexity index is 602. The van der Waals surface area contributed by atoms with E-state index in [0.717, 1.165) is 30.2 Å². The molecule has 1 aromatic heterocycles. The molecule has 1 fully saturated rings. The van der Waals surface area contributed by atoms with E-state index in [-0.39, 0.29) is 17.5 Å². The number of H-pyrrole nitrogens is 1. The molecule has 0 unspecified atom stereocenters. The van der Waals surface area contributed by atoms with Gasteiger partial charge in [0, 0.05) is 23.0 Å². The molecule has 19 heavy (non-hydrogen) atoms. The first-order valence-corrected chi connectivity index (χ1v) is 6.77. The van der Waals surface area contributed by atoms with Crippen LogP contribution in [-0.2, 0) is 0 Å². The van der Waals surface area contributed by atoms with Gasteiger partial charge >= 0.3 is 0 Å². The molecule has 2 heterocycles. The minimum absolute atomic E-state index is 0.170. The minimum atomic E-state index is -0.170. The number of piperidine rings is 1. The fraction of sp³-hybridized carbons (Fsp3) is 0.357. The van der Waals surface area contributed by atoms with Crippen molar-refractivity contribution in [2.45, 2.75) is 24.8 Å². The summed E-state index contributed by atoms with van der Waals surface area (Å²) in [6, 6.07) is 9.70. The highest BCUT2D eigenvalue weighted by atomic mass is 35.5. The maximum atomic E-state index is 11.1. The second-order valence-corrected chi connectivity index (χ2v) is 5.33. The van der Waals surface area contributed by atoms with Crippen LogP contribution in [0.3, 0.4) is 0 Å². The number of aromatic amines is 1. The van der Waals surface area contributed by atoms with E-state index in [1.807, 2.05) is 24.3 Å². The molecular formula is C14H15ClN2O2. The zero-order valence-corrected chi connectivity index (χ0v) is 11.1. The van der Waals surface area contributed by atoms with Crippen LogP contribution in [-0.4, -0.2) is 11.7 Å². The Morgan fingerprint density at radius 3 is 2.74 bits per heavy atom. The van der Waals surface area contributed by atoms with Crippen LogP contribution in [0.15, 0.2) is 39.6 Å². The van der Waals surface area contributed by atoms with Crippen LogP contribution in [0.2, 0.25) is 5.02 Å². The van der Waals surface area contributed by atoms with Crippen LogP contribution >= 0.6 is 11.6 Å². The summed E-state index contributed by atoms with van der Waals surface area (Å²) in [5.41, 5.74) is 1.04. The smallest absolute Gasteiger partial charge is 0.280 e. The Hall–Kier alpha value is -1.52. The second-order valence-electron chi connectivity index (χ2n) is 4.89. The maximum Gasteiger partial charge on any atom is 0.280 e. The summed E-state index contributed by atoms with van der Waals surface area (Å²) in [6.07, 6.45) is 1.90. The molecule has 1 aliphatic heterocycles. The zero-order valence-electron chi connectivity index (χ0n) is 10.4. The maximum absolute atomic E-state index is 11.1. The molecule has 4 nitrogen and oxygen atoms in total. The second kappa shape index (κ2) is 5.23. The molecule has 0 spiro atoms. The van der Waals surface area contributed by atoms with Crippen molar-refractivity contribution >= 4 is 11.6 Å². The van der Waals surface area contributed by atoms with Gasteiger partial charge in [-0.3, -0.25) is 4.79 Å². The summed E-state index contributed by atoms with van der Waals surface area (Å²) in [5, 5.41) is 6.59. The van der Waals surface area contributed by atoms with Gasteiger partial charge in [0.05, 0.1) is 0 Å². The molecule has 0 bridgehead atoms. The summed E-state index contributed by atoms with van der Waals surface area (Å²) in [7, 11) is 0. The molecule has 2 N–H and O–H groups in total. The molecule has 0 aliphatic carbocycles. The Morgan fingerprint density at radius 1 is 1.26 bits per heavy atom. The largest absolute Gasteiger partial charge is 0.383 e. The highest BCUT2D eigenvalue weighted by Crippen LogP contribution is 2.33. The van der Waals surface area contributed by atoms with Crippen molar-refractivity contribution in [3.63, 3.8) is 0 Å². The fourth-order valence-electron chi connectivity index (χ4n) is 2.62. The molecule has 0 amide bonds. The lowest BCUT2D eigenvalue weighted by molar-refractivity contribution is 0.295. The van der Waals surface area contributed by atoms with Crippen LogP contribution in [0, 0.1) is 0 Å². The summed E-state index contributed by atoms with van der Waals surface area (Å²) < 4.78 is 5.22. The van der Waals surface area contributed by atoms with Gasteiger partial charge in [-0.1, -0.05) is 23.7 Å². The number of nitrogens with one attached hydrogen (secondary N) is 2. The minimum Gasteiger partial charge on any atom is -0.383 e. The normalized spacial score (nSPS) is 23.4. The molecular weight excluding hydrogens is 264 g/mol. The van der Waals surface area contributed by atoms with Crippen molar-refractivity contribution in [3.05, 3.63) is 57.0 Å². The third kappa shape index (κ3) is 2.74. The van der Waals surface area contributed by atoms with Crippen molar-refractivity contribution in [1.82, 2.24) is 10.5 Å². The predicted octanol–water partition coefficient (Wildman–Crippen LogP) is 2.83. The monoisotopic (exact) mass is 278 g/mol. The molecule has 0 saturated carbocycles. The van der Waals surface area contributed by atoms with Crippen molar-refractivity contribution in [2.24, 2.45) is 0 Å². The van der Waals surface area contributed by atoms with Crippen LogP contribution in [0.1, 0.15) is 36.1 Å². The van der Waals surface area contributed by atoms with Crippen molar-refractivity contribution in [2.75, 3.05) is 6.54 Å². The number of halogens is 1. The van der Waals surface area contributed by atoms with E-state index in [0.29, 0.717) is 0 Å². The third-order valence-corrected chi connectivity index (χ3v) is 3.87. The number of hydrogen-bond acceptors (Lipinski definition) is 3. The van der Waals surface area contributed by atoms with E-state index in [1.54, 1.807) is 6.07 Å². The van der Waals surface area contributed by atoms with Crippen LogP contribution in [0.5, 0.6) is 0 Å². The Morgan fingerprint density at radius 2 is 2.05 bits per heavy atom. The predicted molar refractivity (Wildman–Crippen MR) is 73.5 cm³/mol. The van der Waals surface area contributed by atoms with Gasteiger partial charge in [0.1, 0.15) is 5.76 Å². The molecule has 0 radical (unpaired) electrons. The van der Waals surface area contributed by atoms with E-state index in [9.17, 15) is 4.79 Å². The van der Waals surface area contributed by atoms with E-state index in [1.165, 1.54) is 5.56 Å². The molecule has 1 aliphatic rings. The van der Waals surface area contributed by atoms with Gasteiger partial charge < -0.3 is 9.84 Å². The van der Waals surface area contributed by atoms with E-state index in [4.69, 9.17) is 16.1 Å². The van der Waals surface area contributed by atoms with Crippen molar-refractivity contribution in [1.29, 1.82) is 0 Å². The van der Waals surface area contributed by atoms with E-state index < -0.39 is 0 Å². The number of rotatable bonds is 2. The van der Waals surface area contributed by atoms with Crippen LogP contribution in [0.25, 0.3) is 0 Å². The quantitative estimate of drug-likeness (QED) is 0.888. The van der Waals surface area contributed by atoms with Gasteiger partial charge in [0.2, 0.25) is 0 Å². The molecule has 5 heteroatoms. The lowest BCUT2D eigenvalue weighted by Crippen LogP contribution is -2.30. The Balaban J connectivity index is 1.78. The van der Waals surface area contributed by atoms with Crippen molar-refractivity contribution in [3.8, 4) is 0 Å². The Labute approximate surface area is 115 Å². The van der Waals surface area contributed by atoms with E-state index in [2.05, 4.69) is 10.5 Å². The molecule has 100 valence electrons. The first-order valence-electron chi connectivity index (χ1n) is 6.39. The highest BCUT2D eigenvalue weighted by molar-refractivity contribution is 6.30. The average molecular weight is 279 g/mol. The Kier molecular flexibility index (Phi) is 3.44. The summed E-state index contributed by atoms with van der Waals surface area (Å²) in [4.78, 5) is 11.1. The van der Waals surface area contributed by atoms with Crippen LogP contribution in [0.4, 0.5) is 0 Å². The standard InChI is InChI=1S/C14H15ClN2O2/c15-11-3-1-9(2-4-11)12-7-10(5-6-16-12)13-8-14(18)17-19-13/h1-4,8,10,12,16H,5-7H2,(H,17,18)/t10-,12-/m1/s1. The van der Waals surface area contributed by atoms with E-state index >= 15 is 0 Å². The summed E-state index contributed by atoms with van der Waals surface area (Å²) in [5.74, 6) is 1.03. The SMILES string of the molecule is O=c1cc([C@@H]2CCN[C@@H](c3ccc(Cl)cc3)C2)o[nH]1. The molecule has 1 saturated heterocycles. The van der Waals surface area contributed by atoms with Gasteiger partial charge in [0.25, 0.3) is 5.56 Å². The number of aromatic nitrogens is 1. The lowest BCUT2D eigenvalue weighted by Gasteiger charge is -2.29. The lowest BCUT2D eigenvalue weighted by atomic mass is 9.87. The summed E-state index contributed by atoms with van der Waals surface area (Å²) >= 11 is 5.90. The first kappa shape index (κ1) is 12.5. The van der Waals surface area contributed by atoms with Gasteiger partial charge in [-0.2, -0.15) is 5.16 Å². The molecule has 2 atom stereocenters. The topological polar surface area (TPSA) is 58.0 Å². The first-order chi connectivity index (χ1) is 9.22. The highest BCUT2D eigenvalue weighted by Gasteiger charge is 2.26. The molecule has 1 aromatic carbocycles. The van der Waals surface area contributed by atoms with Crippen LogP contribution < -0.4 is 10.9 Å². The van der Waals surface area contributed by atoms with Gasteiger partial charge in [0.15, 0.2) is 0 Å². The number of benzene rings is 1. The molecule has 2 aromatic rings. The summed E-state index contributed by atoms with van der Waals surface area (Å²) in [6.45, 7) is 0.910. The van der Waals surface area contributed by atoms with Gasteiger partial charge in [-0.25, -0.2) is 0 Å². The van der Waals surface area contributed by atoms with Crippen molar-refractivity contribution < 1.29 is 4.52 Å². The third-order valence-electron chi connectivity index (χ3n) is 3.62. The zero-order chi connectivity index (χ0) is 13.2. The fourth-order valence-corrected chi connectivity index (χ4v) is 2.75. The van der Waals surface area contributed by atoms with Gasteiger partial charge in [-0.15, -0.1) is 0 Å².